The lowest BCUT2D eigenvalue weighted by Gasteiger charge is -2.49. The number of hydrogen-bond acceptors (Lipinski definition) is 3. The molecule has 5 nitrogen and oxygen atoms in total. The number of amides is 2. The van der Waals surface area contributed by atoms with E-state index in [4.69, 9.17) is 0 Å². The molecule has 0 N–H and O–H groups in total. The first-order valence-electron chi connectivity index (χ1n) is 7.93. The van der Waals surface area contributed by atoms with Gasteiger partial charge in [0.2, 0.25) is 11.8 Å². The zero-order chi connectivity index (χ0) is 17.3. The van der Waals surface area contributed by atoms with Crippen LogP contribution in [0.1, 0.15) is 32.1 Å². The van der Waals surface area contributed by atoms with E-state index in [-0.39, 0.29) is 11.4 Å². The van der Waals surface area contributed by atoms with Gasteiger partial charge >= 0.3 is 6.18 Å². The highest BCUT2D eigenvalue weighted by Crippen LogP contribution is 2.32. The molecule has 2 amide bonds. The van der Waals surface area contributed by atoms with Crippen LogP contribution in [-0.2, 0) is 9.59 Å². The summed E-state index contributed by atoms with van der Waals surface area (Å²) in [5.74, 6) is -0.366. The van der Waals surface area contributed by atoms with E-state index in [0.717, 1.165) is 6.42 Å². The molecule has 2 rings (SSSR count). The van der Waals surface area contributed by atoms with Gasteiger partial charge in [0.15, 0.2) is 0 Å². The molecule has 0 radical (unpaired) electrons. The summed E-state index contributed by atoms with van der Waals surface area (Å²) in [5.41, 5.74) is -0.313. The summed E-state index contributed by atoms with van der Waals surface area (Å²) in [7, 11) is 3.73. The van der Waals surface area contributed by atoms with Crippen molar-refractivity contribution in [3.8, 4) is 0 Å². The van der Waals surface area contributed by atoms with Crippen LogP contribution >= 0.6 is 0 Å². The van der Waals surface area contributed by atoms with Gasteiger partial charge in [-0.3, -0.25) is 14.5 Å². The number of carbonyl (C=O) groups is 2. The molecule has 0 aromatic rings. The Balaban J connectivity index is 2.03. The van der Waals surface area contributed by atoms with E-state index in [2.05, 4.69) is 4.90 Å². The van der Waals surface area contributed by atoms with Crippen LogP contribution in [-0.4, -0.2) is 78.5 Å². The highest BCUT2D eigenvalue weighted by atomic mass is 19.4. The molecule has 23 heavy (non-hydrogen) atoms. The fourth-order valence-corrected chi connectivity index (χ4v) is 3.38. The molecule has 1 spiro atoms. The van der Waals surface area contributed by atoms with Crippen molar-refractivity contribution in [2.75, 3.05) is 40.3 Å². The van der Waals surface area contributed by atoms with Crippen LogP contribution in [0.15, 0.2) is 0 Å². The Labute approximate surface area is 134 Å². The SMILES string of the molecule is CN1CCC2(CCC1=O)CN(C(=O)CCC(F)(F)F)CCN2C. The molecular weight excluding hydrogens is 311 g/mol. The number of piperazine rings is 1. The van der Waals surface area contributed by atoms with Crippen molar-refractivity contribution >= 4 is 11.8 Å². The molecule has 2 fully saturated rings. The minimum Gasteiger partial charge on any atom is -0.346 e. The van der Waals surface area contributed by atoms with Gasteiger partial charge in [-0.15, -0.1) is 0 Å². The molecule has 2 aliphatic heterocycles. The standard InChI is InChI=1S/C15H24F3N3O2/c1-19-8-7-14(5-3-12(19)22)11-21(10-9-20(14)2)13(23)4-6-15(16,17)18/h3-11H2,1-2H3. The maximum absolute atomic E-state index is 12.3. The van der Waals surface area contributed by atoms with Gasteiger partial charge in [0.25, 0.3) is 0 Å². The third kappa shape index (κ3) is 4.37. The molecule has 1 atom stereocenters. The molecule has 2 heterocycles. The molecule has 0 aromatic carbocycles. The van der Waals surface area contributed by atoms with Gasteiger partial charge in [-0.2, -0.15) is 13.2 Å². The number of carbonyl (C=O) groups excluding carboxylic acids is 2. The van der Waals surface area contributed by atoms with Gasteiger partial charge in [0, 0.05) is 51.6 Å². The second-order valence-corrected chi connectivity index (χ2v) is 6.64. The number of nitrogens with zero attached hydrogens (tertiary/aromatic N) is 3. The van der Waals surface area contributed by atoms with Crippen LogP contribution in [0.25, 0.3) is 0 Å². The Kier molecular flexibility index (Phi) is 5.23. The minimum absolute atomic E-state index is 0.0794. The van der Waals surface area contributed by atoms with Crippen molar-refractivity contribution < 1.29 is 22.8 Å². The van der Waals surface area contributed by atoms with Gasteiger partial charge < -0.3 is 9.80 Å². The summed E-state index contributed by atoms with van der Waals surface area (Å²) in [4.78, 5) is 29.4. The summed E-state index contributed by atoms with van der Waals surface area (Å²) >= 11 is 0. The summed E-state index contributed by atoms with van der Waals surface area (Å²) in [6.45, 7) is 2.07. The lowest BCUT2D eigenvalue weighted by Crippen LogP contribution is -2.62. The summed E-state index contributed by atoms with van der Waals surface area (Å²) < 4.78 is 36.9. The first kappa shape index (κ1) is 18.0. The third-order valence-electron chi connectivity index (χ3n) is 5.12. The van der Waals surface area contributed by atoms with Gasteiger partial charge in [-0.05, 0) is 19.9 Å². The van der Waals surface area contributed by atoms with E-state index < -0.39 is 24.9 Å². The zero-order valence-corrected chi connectivity index (χ0v) is 13.7. The van der Waals surface area contributed by atoms with Gasteiger partial charge in [-0.1, -0.05) is 0 Å². The molecule has 0 bridgehead atoms. The summed E-state index contributed by atoms with van der Waals surface area (Å²) in [6.07, 6.45) is -4.11. The molecule has 0 saturated carbocycles. The number of rotatable bonds is 2. The predicted octanol–water partition coefficient (Wildman–Crippen LogP) is 1.48. The van der Waals surface area contributed by atoms with Crippen molar-refractivity contribution in [2.45, 2.75) is 43.8 Å². The maximum Gasteiger partial charge on any atom is 0.389 e. The molecule has 1 unspecified atom stereocenters. The normalized spacial score (nSPS) is 27.4. The van der Waals surface area contributed by atoms with E-state index in [1.165, 1.54) is 0 Å². The van der Waals surface area contributed by atoms with Crippen molar-refractivity contribution in [3.63, 3.8) is 0 Å². The van der Waals surface area contributed by atoms with E-state index in [1.54, 1.807) is 16.8 Å². The maximum atomic E-state index is 12.3. The molecule has 2 saturated heterocycles. The summed E-state index contributed by atoms with van der Waals surface area (Å²) in [5, 5.41) is 0. The lowest BCUT2D eigenvalue weighted by molar-refractivity contribution is -0.152. The fourth-order valence-electron chi connectivity index (χ4n) is 3.38. The first-order valence-corrected chi connectivity index (χ1v) is 7.93. The van der Waals surface area contributed by atoms with E-state index in [9.17, 15) is 22.8 Å². The molecule has 8 heteroatoms. The van der Waals surface area contributed by atoms with Crippen molar-refractivity contribution in [3.05, 3.63) is 0 Å². The minimum atomic E-state index is -4.31. The van der Waals surface area contributed by atoms with Gasteiger partial charge in [-0.25, -0.2) is 0 Å². The van der Waals surface area contributed by atoms with Gasteiger partial charge in [0.1, 0.15) is 0 Å². The number of likely N-dealkylation sites (N-methyl/N-ethyl adjacent to an activating group) is 1. The van der Waals surface area contributed by atoms with Crippen LogP contribution < -0.4 is 0 Å². The zero-order valence-electron chi connectivity index (χ0n) is 13.7. The predicted molar refractivity (Wildman–Crippen MR) is 78.7 cm³/mol. The molecule has 132 valence electrons. The Morgan fingerprint density at radius 1 is 1.17 bits per heavy atom. The lowest BCUT2D eigenvalue weighted by atomic mass is 9.86. The molecule has 2 aliphatic rings. The molecule has 0 aliphatic carbocycles. The topological polar surface area (TPSA) is 43.9 Å². The number of halogens is 3. The van der Waals surface area contributed by atoms with Crippen molar-refractivity contribution in [1.82, 2.24) is 14.7 Å². The van der Waals surface area contributed by atoms with E-state index in [0.29, 0.717) is 39.0 Å². The smallest absolute Gasteiger partial charge is 0.346 e. The van der Waals surface area contributed by atoms with E-state index >= 15 is 0 Å². The average molecular weight is 335 g/mol. The molecular formula is C15H24F3N3O2. The second kappa shape index (κ2) is 6.67. The Hall–Kier alpha value is -1.31. The van der Waals surface area contributed by atoms with E-state index in [1.807, 2.05) is 7.05 Å². The Bertz CT molecular complexity index is 469. The van der Waals surface area contributed by atoms with Gasteiger partial charge in [0.05, 0.1) is 6.42 Å². The fraction of sp³-hybridized carbons (Fsp3) is 0.867. The quantitative estimate of drug-likeness (QED) is 0.768. The summed E-state index contributed by atoms with van der Waals surface area (Å²) in [6, 6.07) is 0. The Morgan fingerprint density at radius 2 is 1.87 bits per heavy atom. The van der Waals surface area contributed by atoms with Crippen molar-refractivity contribution in [1.29, 1.82) is 0 Å². The Morgan fingerprint density at radius 3 is 2.52 bits per heavy atom. The van der Waals surface area contributed by atoms with Crippen LogP contribution in [0, 0.1) is 0 Å². The average Bonchev–Trinajstić information content (AvgIpc) is 2.61. The number of hydrogen-bond donors (Lipinski definition) is 0. The largest absolute Gasteiger partial charge is 0.389 e. The highest BCUT2D eigenvalue weighted by molar-refractivity contribution is 5.77. The monoisotopic (exact) mass is 335 g/mol. The van der Waals surface area contributed by atoms with Crippen LogP contribution in [0.3, 0.4) is 0 Å². The third-order valence-corrected chi connectivity index (χ3v) is 5.12. The number of likely N-dealkylation sites (tertiary alicyclic amines) is 1. The number of alkyl halides is 3. The second-order valence-electron chi connectivity index (χ2n) is 6.64. The van der Waals surface area contributed by atoms with Crippen molar-refractivity contribution in [2.24, 2.45) is 0 Å². The van der Waals surface area contributed by atoms with Crippen LogP contribution in [0.5, 0.6) is 0 Å². The molecule has 0 aromatic heterocycles. The van der Waals surface area contributed by atoms with Crippen LogP contribution in [0.2, 0.25) is 0 Å². The van der Waals surface area contributed by atoms with Crippen LogP contribution in [0.4, 0.5) is 13.2 Å². The highest BCUT2D eigenvalue weighted by Gasteiger charge is 2.43. The first-order chi connectivity index (χ1) is 10.6.